The van der Waals surface area contributed by atoms with Gasteiger partial charge in [0.05, 0.1) is 13.1 Å². The van der Waals surface area contributed by atoms with Crippen LogP contribution in [0.25, 0.3) is 11.3 Å². The Morgan fingerprint density at radius 3 is 2.89 bits per heavy atom. The Morgan fingerprint density at radius 1 is 1.30 bits per heavy atom. The molecule has 2 unspecified atom stereocenters. The highest BCUT2D eigenvalue weighted by molar-refractivity contribution is 5.85. The molecular formula is C20H24N4O3. The van der Waals surface area contributed by atoms with Crippen LogP contribution in [0.15, 0.2) is 40.9 Å². The van der Waals surface area contributed by atoms with Crippen molar-refractivity contribution in [2.24, 2.45) is 0 Å². The zero-order chi connectivity index (χ0) is 18.8. The maximum Gasteiger partial charge on any atom is 0.242 e. The predicted octanol–water partition coefficient (Wildman–Crippen LogP) is 1.65. The quantitative estimate of drug-likeness (QED) is 0.868. The number of aromatic nitrogens is 1. The van der Waals surface area contributed by atoms with E-state index in [4.69, 9.17) is 4.52 Å². The topological polar surface area (TPSA) is 78.7 Å². The van der Waals surface area contributed by atoms with Crippen LogP contribution in [0.1, 0.15) is 25.0 Å². The Kier molecular flexibility index (Phi) is 4.94. The van der Waals surface area contributed by atoms with Crippen molar-refractivity contribution in [2.45, 2.75) is 37.9 Å². The molecule has 2 fully saturated rings. The molecule has 2 saturated heterocycles. The molecule has 2 aromatic rings. The van der Waals surface area contributed by atoms with Gasteiger partial charge in [-0.1, -0.05) is 35.5 Å². The van der Waals surface area contributed by atoms with Crippen LogP contribution in [0.4, 0.5) is 0 Å². The van der Waals surface area contributed by atoms with Crippen molar-refractivity contribution in [1.29, 1.82) is 0 Å². The monoisotopic (exact) mass is 368 g/mol. The van der Waals surface area contributed by atoms with E-state index in [9.17, 15) is 9.59 Å². The van der Waals surface area contributed by atoms with E-state index in [1.54, 1.807) is 16.8 Å². The van der Waals surface area contributed by atoms with E-state index >= 15 is 0 Å². The van der Waals surface area contributed by atoms with Gasteiger partial charge in [0.2, 0.25) is 11.8 Å². The minimum absolute atomic E-state index is 0.0595. The normalized spacial score (nSPS) is 22.0. The van der Waals surface area contributed by atoms with Gasteiger partial charge in [-0.05, 0) is 12.8 Å². The van der Waals surface area contributed by atoms with Crippen molar-refractivity contribution in [1.82, 2.24) is 20.3 Å². The van der Waals surface area contributed by atoms with Crippen LogP contribution in [-0.2, 0) is 16.1 Å². The van der Waals surface area contributed by atoms with E-state index in [2.05, 4.69) is 10.5 Å². The fraction of sp³-hybridized carbons (Fsp3) is 0.450. The lowest BCUT2D eigenvalue weighted by molar-refractivity contribution is -0.140. The summed E-state index contributed by atoms with van der Waals surface area (Å²) in [6.07, 6.45) is 2.60. The molecule has 7 heteroatoms. The molecule has 0 aliphatic carbocycles. The summed E-state index contributed by atoms with van der Waals surface area (Å²) in [5.74, 6) is 0.644. The third kappa shape index (κ3) is 4.03. The molecule has 3 heterocycles. The summed E-state index contributed by atoms with van der Waals surface area (Å²) in [5.41, 5.74) is 1.63. The predicted molar refractivity (Wildman–Crippen MR) is 99.6 cm³/mol. The molecule has 7 nitrogen and oxygen atoms in total. The van der Waals surface area contributed by atoms with Crippen LogP contribution >= 0.6 is 0 Å². The Labute approximate surface area is 158 Å². The van der Waals surface area contributed by atoms with Crippen molar-refractivity contribution in [3.63, 3.8) is 0 Å². The van der Waals surface area contributed by atoms with Gasteiger partial charge in [-0.3, -0.25) is 9.59 Å². The first-order valence-corrected chi connectivity index (χ1v) is 9.37. The summed E-state index contributed by atoms with van der Waals surface area (Å²) in [7, 11) is 1.73. The highest BCUT2D eigenvalue weighted by Gasteiger charge is 2.34. The van der Waals surface area contributed by atoms with Gasteiger partial charge in [-0.15, -0.1) is 0 Å². The molecular weight excluding hydrogens is 344 g/mol. The molecule has 142 valence electrons. The van der Waals surface area contributed by atoms with Crippen LogP contribution in [-0.4, -0.2) is 59.0 Å². The number of carbonyl (C=O) groups is 2. The molecule has 0 spiro atoms. The van der Waals surface area contributed by atoms with Crippen LogP contribution in [0.5, 0.6) is 0 Å². The summed E-state index contributed by atoms with van der Waals surface area (Å²) < 4.78 is 5.39. The van der Waals surface area contributed by atoms with E-state index in [1.165, 1.54) is 0 Å². The van der Waals surface area contributed by atoms with Crippen molar-refractivity contribution in [3.05, 3.63) is 42.1 Å². The second kappa shape index (κ2) is 7.52. The summed E-state index contributed by atoms with van der Waals surface area (Å²) in [4.78, 5) is 28.3. The molecule has 0 saturated carbocycles. The Bertz CT molecular complexity index is 820. The van der Waals surface area contributed by atoms with E-state index in [1.807, 2.05) is 36.4 Å². The number of benzene rings is 1. The number of nitrogens with one attached hydrogen (secondary N) is 1. The van der Waals surface area contributed by atoms with Gasteiger partial charge >= 0.3 is 0 Å². The van der Waals surface area contributed by atoms with Gasteiger partial charge in [0, 0.05) is 43.7 Å². The van der Waals surface area contributed by atoms with E-state index in [0.717, 1.165) is 18.4 Å². The molecule has 2 bridgehead atoms. The molecule has 2 aliphatic rings. The second-order valence-electron chi connectivity index (χ2n) is 7.41. The lowest BCUT2D eigenvalue weighted by Crippen LogP contribution is -2.44. The summed E-state index contributed by atoms with van der Waals surface area (Å²) in [6.45, 7) is 1.07. The van der Waals surface area contributed by atoms with E-state index < -0.39 is 0 Å². The van der Waals surface area contributed by atoms with Crippen LogP contribution in [0.3, 0.4) is 0 Å². The zero-order valence-electron chi connectivity index (χ0n) is 15.4. The average molecular weight is 368 g/mol. The first-order valence-electron chi connectivity index (χ1n) is 9.37. The minimum atomic E-state index is -0.0922. The average Bonchev–Trinajstić information content (AvgIpc) is 3.27. The molecule has 1 aromatic carbocycles. The number of fused-ring (bicyclic) bond motifs is 2. The van der Waals surface area contributed by atoms with Crippen molar-refractivity contribution >= 4 is 11.8 Å². The van der Waals surface area contributed by atoms with E-state index in [-0.39, 0.29) is 24.4 Å². The smallest absolute Gasteiger partial charge is 0.242 e. The highest BCUT2D eigenvalue weighted by atomic mass is 16.5. The maximum absolute atomic E-state index is 12.6. The molecule has 1 aromatic heterocycles. The standard InChI is InChI=1S/C20H24N4O3/c1-23(11-17-9-18(27-22-17)14-5-3-2-4-6-14)20(26)13-24-12-16-8-7-15(21-16)10-19(24)25/h2-6,9,15-16,21H,7-8,10-13H2,1H3. The second-order valence-corrected chi connectivity index (χ2v) is 7.41. The van der Waals surface area contributed by atoms with Gasteiger partial charge in [0.25, 0.3) is 0 Å². The number of rotatable bonds is 5. The van der Waals surface area contributed by atoms with Crippen LogP contribution in [0, 0.1) is 0 Å². The van der Waals surface area contributed by atoms with Crippen molar-refractivity contribution in [2.75, 3.05) is 20.1 Å². The van der Waals surface area contributed by atoms with Gasteiger partial charge in [0.15, 0.2) is 5.76 Å². The van der Waals surface area contributed by atoms with Crippen molar-refractivity contribution < 1.29 is 14.1 Å². The van der Waals surface area contributed by atoms with Crippen LogP contribution in [0.2, 0.25) is 0 Å². The molecule has 1 N–H and O–H groups in total. The van der Waals surface area contributed by atoms with Gasteiger partial charge < -0.3 is 19.6 Å². The number of likely N-dealkylation sites (tertiary alicyclic amines) is 1. The molecule has 2 atom stereocenters. The van der Waals surface area contributed by atoms with Gasteiger partial charge in [-0.25, -0.2) is 0 Å². The number of hydrogen-bond donors (Lipinski definition) is 1. The van der Waals surface area contributed by atoms with E-state index in [0.29, 0.717) is 37.0 Å². The lowest BCUT2D eigenvalue weighted by Gasteiger charge is -2.26. The zero-order valence-corrected chi connectivity index (χ0v) is 15.4. The first kappa shape index (κ1) is 17.7. The molecule has 27 heavy (non-hydrogen) atoms. The molecule has 4 rings (SSSR count). The minimum Gasteiger partial charge on any atom is -0.356 e. The number of nitrogens with zero attached hydrogens (tertiary/aromatic N) is 3. The third-order valence-corrected chi connectivity index (χ3v) is 5.32. The molecule has 0 radical (unpaired) electrons. The third-order valence-electron chi connectivity index (χ3n) is 5.32. The molecule has 2 amide bonds. The number of amides is 2. The highest BCUT2D eigenvalue weighted by Crippen LogP contribution is 2.22. The Morgan fingerprint density at radius 2 is 2.07 bits per heavy atom. The van der Waals surface area contributed by atoms with Crippen LogP contribution < -0.4 is 5.32 Å². The lowest BCUT2D eigenvalue weighted by atomic mass is 10.1. The SMILES string of the molecule is CN(Cc1cc(-c2ccccc2)on1)C(=O)CN1CC2CCC(CC1=O)N2. The van der Waals surface area contributed by atoms with Crippen molar-refractivity contribution in [3.8, 4) is 11.3 Å². The van der Waals surface area contributed by atoms with Gasteiger partial charge in [0.1, 0.15) is 5.69 Å². The Balaban J connectivity index is 1.35. The fourth-order valence-corrected chi connectivity index (χ4v) is 3.81. The number of hydrogen-bond acceptors (Lipinski definition) is 5. The first-order chi connectivity index (χ1) is 13.1. The summed E-state index contributed by atoms with van der Waals surface area (Å²) in [6, 6.07) is 12.1. The number of likely N-dealkylation sites (N-methyl/N-ethyl adjacent to an activating group) is 1. The number of carbonyl (C=O) groups excluding carboxylic acids is 2. The molecule has 2 aliphatic heterocycles. The van der Waals surface area contributed by atoms with Gasteiger partial charge in [-0.2, -0.15) is 0 Å². The largest absolute Gasteiger partial charge is 0.356 e. The Hall–Kier alpha value is -2.67. The summed E-state index contributed by atoms with van der Waals surface area (Å²) in [5, 5.41) is 7.53. The summed E-state index contributed by atoms with van der Waals surface area (Å²) >= 11 is 0. The fourth-order valence-electron chi connectivity index (χ4n) is 3.81. The maximum atomic E-state index is 12.6.